The zero-order valence-electron chi connectivity index (χ0n) is 18.6. The number of carbonyl (C=O) groups is 1. The summed E-state index contributed by atoms with van der Waals surface area (Å²) in [5.41, 5.74) is 4.28. The molecule has 2 rings (SSSR count). The van der Waals surface area contributed by atoms with Crippen molar-refractivity contribution in [1.29, 1.82) is 0 Å². The molecule has 1 heterocycles. The second kappa shape index (κ2) is 11.6. The van der Waals surface area contributed by atoms with Crippen LogP contribution in [0.25, 0.3) is 0 Å². The Morgan fingerprint density at radius 3 is 2.57 bits per heavy atom. The van der Waals surface area contributed by atoms with Crippen molar-refractivity contribution in [2.75, 3.05) is 18.4 Å². The molecular formula is C22H33ClN6O. The van der Waals surface area contributed by atoms with Gasteiger partial charge in [0.25, 0.3) is 0 Å². The van der Waals surface area contributed by atoms with Crippen LogP contribution in [-0.4, -0.2) is 40.8 Å². The largest absolute Gasteiger partial charge is 0.357 e. The quantitative estimate of drug-likeness (QED) is 0.321. The lowest BCUT2D eigenvalue weighted by atomic mass is 10.1. The Balaban J connectivity index is 1.81. The van der Waals surface area contributed by atoms with Gasteiger partial charge in [0, 0.05) is 49.0 Å². The maximum atomic E-state index is 12.1. The minimum Gasteiger partial charge on any atom is -0.357 e. The molecule has 0 saturated carbocycles. The van der Waals surface area contributed by atoms with Gasteiger partial charge in [0.05, 0.1) is 5.69 Å². The van der Waals surface area contributed by atoms with Gasteiger partial charge in [-0.1, -0.05) is 11.6 Å². The highest BCUT2D eigenvalue weighted by molar-refractivity contribution is 6.30. The number of aryl methyl sites for hydroxylation is 2. The van der Waals surface area contributed by atoms with Gasteiger partial charge in [-0.15, -0.1) is 0 Å². The highest BCUT2D eigenvalue weighted by atomic mass is 35.5. The average molecular weight is 433 g/mol. The van der Waals surface area contributed by atoms with Crippen LogP contribution in [0.4, 0.5) is 5.69 Å². The van der Waals surface area contributed by atoms with Crippen LogP contribution in [0.5, 0.6) is 0 Å². The van der Waals surface area contributed by atoms with E-state index in [0.717, 1.165) is 30.3 Å². The molecule has 1 atom stereocenters. The molecular weight excluding hydrogens is 400 g/mol. The van der Waals surface area contributed by atoms with Crippen molar-refractivity contribution >= 4 is 29.2 Å². The lowest BCUT2D eigenvalue weighted by Gasteiger charge is -2.18. The van der Waals surface area contributed by atoms with Gasteiger partial charge in [-0.2, -0.15) is 5.10 Å². The van der Waals surface area contributed by atoms with Crippen molar-refractivity contribution in [3.05, 3.63) is 46.2 Å². The molecule has 2 aromatic rings. The molecule has 7 nitrogen and oxygen atoms in total. The summed E-state index contributed by atoms with van der Waals surface area (Å²) >= 11 is 5.86. The fourth-order valence-corrected chi connectivity index (χ4v) is 3.34. The Hall–Kier alpha value is -2.54. The number of rotatable bonds is 9. The van der Waals surface area contributed by atoms with E-state index >= 15 is 0 Å². The zero-order chi connectivity index (χ0) is 22.1. The Kier molecular flexibility index (Phi) is 9.17. The third kappa shape index (κ3) is 7.37. The van der Waals surface area contributed by atoms with E-state index in [1.54, 1.807) is 24.3 Å². The number of aliphatic imine (C=N–C) groups is 1. The SMILES string of the molecule is CCNC(=NCCCC(=O)Nc1ccc(Cl)cc1)NC(C)Cc1c(C)nn(C)c1C. The summed E-state index contributed by atoms with van der Waals surface area (Å²) in [4.78, 5) is 16.7. The first-order chi connectivity index (χ1) is 14.3. The van der Waals surface area contributed by atoms with E-state index in [9.17, 15) is 4.79 Å². The fraction of sp³-hybridized carbons (Fsp3) is 0.500. The Morgan fingerprint density at radius 2 is 1.97 bits per heavy atom. The van der Waals surface area contributed by atoms with Gasteiger partial charge in [0.2, 0.25) is 5.91 Å². The molecule has 164 valence electrons. The molecule has 0 bridgehead atoms. The molecule has 1 unspecified atom stereocenters. The van der Waals surface area contributed by atoms with Gasteiger partial charge in [-0.05, 0) is 70.4 Å². The van der Waals surface area contributed by atoms with Crippen molar-refractivity contribution in [2.45, 2.75) is 53.0 Å². The van der Waals surface area contributed by atoms with Gasteiger partial charge in [0.1, 0.15) is 0 Å². The van der Waals surface area contributed by atoms with Crippen LogP contribution >= 0.6 is 11.6 Å². The molecule has 8 heteroatoms. The topological polar surface area (TPSA) is 83.3 Å². The summed E-state index contributed by atoms with van der Waals surface area (Å²) in [5, 5.41) is 14.7. The molecule has 0 fully saturated rings. The first-order valence-electron chi connectivity index (χ1n) is 10.4. The number of nitrogens with zero attached hydrogens (tertiary/aromatic N) is 3. The average Bonchev–Trinajstić information content (AvgIpc) is 2.93. The van der Waals surface area contributed by atoms with Crippen molar-refractivity contribution in [2.24, 2.45) is 12.0 Å². The van der Waals surface area contributed by atoms with E-state index in [0.29, 0.717) is 24.4 Å². The van der Waals surface area contributed by atoms with Crippen LogP contribution in [0.15, 0.2) is 29.3 Å². The van der Waals surface area contributed by atoms with Crippen LogP contribution in [0.3, 0.4) is 0 Å². The van der Waals surface area contributed by atoms with E-state index < -0.39 is 0 Å². The number of halogens is 1. The summed E-state index contributed by atoms with van der Waals surface area (Å²) in [7, 11) is 1.97. The van der Waals surface area contributed by atoms with Gasteiger partial charge >= 0.3 is 0 Å². The summed E-state index contributed by atoms with van der Waals surface area (Å²) in [6.07, 6.45) is 1.96. The van der Waals surface area contributed by atoms with Crippen molar-refractivity contribution in [1.82, 2.24) is 20.4 Å². The smallest absolute Gasteiger partial charge is 0.224 e. The molecule has 0 radical (unpaired) electrons. The second-order valence-electron chi connectivity index (χ2n) is 7.44. The van der Waals surface area contributed by atoms with Crippen LogP contribution in [-0.2, 0) is 18.3 Å². The third-order valence-corrected chi connectivity index (χ3v) is 5.11. The third-order valence-electron chi connectivity index (χ3n) is 4.86. The van der Waals surface area contributed by atoms with Crippen molar-refractivity contribution < 1.29 is 4.79 Å². The van der Waals surface area contributed by atoms with E-state index in [1.165, 1.54) is 11.3 Å². The van der Waals surface area contributed by atoms with E-state index in [1.807, 2.05) is 25.6 Å². The normalized spacial score (nSPS) is 12.5. The predicted molar refractivity (Wildman–Crippen MR) is 124 cm³/mol. The van der Waals surface area contributed by atoms with Gasteiger partial charge in [-0.3, -0.25) is 14.5 Å². The highest BCUT2D eigenvalue weighted by Crippen LogP contribution is 2.15. The summed E-state index contributed by atoms with van der Waals surface area (Å²) in [5.74, 6) is 0.740. The van der Waals surface area contributed by atoms with Crippen LogP contribution in [0.2, 0.25) is 5.02 Å². The lowest BCUT2D eigenvalue weighted by Crippen LogP contribution is -2.43. The molecule has 0 aliphatic carbocycles. The molecule has 3 N–H and O–H groups in total. The van der Waals surface area contributed by atoms with Gasteiger partial charge in [0.15, 0.2) is 5.96 Å². The molecule has 30 heavy (non-hydrogen) atoms. The van der Waals surface area contributed by atoms with Gasteiger partial charge in [-0.25, -0.2) is 0 Å². The molecule has 0 aliphatic heterocycles. The van der Waals surface area contributed by atoms with E-state index in [4.69, 9.17) is 11.6 Å². The minimum absolute atomic E-state index is 0.0265. The number of anilines is 1. The predicted octanol–water partition coefficient (Wildman–Crippen LogP) is 3.60. The minimum atomic E-state index is -0.0265. The lowest BCUT2D eigenvalue weighted by molar-refractivity contribution is -0.116. The first-order valence-corrected chi connectivity index (χ1v) is 10.8. The molecule has 1 aromatic carbocycles. The number of amides is 1. The number of benzene rings is 1. The molecule has 0 aliphatic rings. The van der Waals surface area contributed by atoms with E-state index in [2.05, 4.69) is 39.9 Å². The van der Waals surface area contributed by atoms with Crippen LogP contribution in [0.1, 0.15) is 43.6 Å². The second-order valence-corrected chi connectivity index (χ2v) is 7.88. The van der Waals surface area contributed by atoms with Crippen molar-refractivity contribution in [3.63, 3.8) is 0 Å². The monoisotopic (exact) mass is 432 g/mol. The van der Waals surface area contributed by atoms with Crippen molar-refractivity contribution in [3.8, 4) is 0 Å². The fourth-order valence-electron chi connectivity index (χ4n) is 3.21. The van der Waals surface area contributed by atoms with Gasteiger partial charge < -0.3 is 16.0 Å². The Bertz CT molecular complexity index is 859. The zero-order valence-corrected chi connectivity index (χ0v) is 19.3. The summed E-state index contributed by atoms with van der Waals surface area (Å²) in [6.45, 7) is 9.66. The number of carbonyl (C=O) groups excluding carboxylic acids is 1. The van der Waals surface area contributed by atoms with Crippen LogP contribution < -0.4 is 16.0 Å². The summed E-state index contributed by atoms with van der Waals surface area (Å²) in [6, 6.07) is 7.30. The maximum absolute atomic E-state index is 12.1. The summed E-state index contributed by atoms with van der Waals surface area (Å²) < 4.78 is 1.92. The highest BCUT2D eigenvalue weighted by Gasteiger charge is 2.14. The molecule has 0 saturated heterocycles. The number of guanidine groups is 1. The number of nitrogens with one attached hydrogen (secondary N) is 3. The standard InChI is InChI=1S/C22H33ClN6O/c1-6-24-22(26-15(2)14-20-16(3)28-29(5)17(20)4)25-13-7-8-21(30)27-19-11-9-18(23)10-12-19/h9-12,15H,6-8,13-14H2,1-5H3,(H,27,30)(H2,24,25,26). The number of aromatic nitrogens is 2. The molecule has 0 spiro atoms. The van der Waals surface area contributed by atoms with E-state index in [-0.39, 0.29) is 11.9 Å². The maximum Gasteiger partial charge on any atom is 0.224 e. The number of hydrogen-bond acceptors (Lipinski definition) is 3. The molecule has 1 amide bonds. The Morgan fingerprint density at radius 1 is 1.27 bits per heavy atom. The molecule has 1 aromatic heterocycles. The van der Waals surface area contributed by atoms with Crippen LogP contribution in [0, 0.1) is 13.8 Å². The first kappa shape index (κ1) is 23.7. The number of hydrogen-bond donors (Lipinski definition) is 3. The Labute approximate surface area is 184 Å².